The van der Waals surface area contributed by atoms with Crippen LogP contribution in [-0.2, 0) is 20.0 Å². The van der Waals surface area contributed by atoms with Crippen molar-refractivity contribution >= 4 is 23.0 Å². The van der Waals surface area contributed by atoms with Crippen molar-refractivity contribution in [1.82, 2.24) is 29.4 Å². The SMILES string of the molecule is Cc1cc(=O)n2nc(N3CCc4ncc(Nc5ccnn5C)cc4C3)c(C)cc2n1. The fourth-order valence-electron chi connectivity index (χ4n) is 3.87. The Hall–Kier alpha value is -3.75. The molecule has 152 valence electrons. The Labute approximate surface area is 173 Å². The fraction of sp³-hybridized carbons (Fsp3) is 0.286. The van der Waals surface area contributed by atoms with Crippen LogP contribution in [0.2, 0.25) is 0 Å². The number of aromatic nitrogens is 6. The standard InChI is InChI=1S/C21H22N8O/c1-13-8-19-24-14(2)9-20(30)29(19)26-21(13)28-7-5-17-15(12-28)10-16(11-22-17)25-18-4-6-23-27(18)3/h4,6,8-11,25H,5,7,12H2,1-3H3. The average molecular weight is 402 g/mol. The first kappa shape index (κ1) is 18.3. The minimum atomic E-state index is -0.166. The van der Waals surface area contributed by atoms with Crippen LogP contribution in [0.4, 0.5) is 17.3 Å². The lowest BCUT2D eigenvalue weighted by molar-refractivity contribution is 0.685. The number of nitrogens with one attached hydrogen (secondary N) is 1. The minimum Gasteiger partial charge on any atom is -0.350 e. The molecule has 0 radical (unpaired) electrons. The van der Waals surface area contributed by atoms with Gasteiger partial charge >= 0.3 is 0 Å². The maximum atomic E-state index is 12.4. The molecule has 5 rings (SSSR count). The van der Waals surface area contributed by atoms with Crippen molar-refractivity contribution in [3.63, 3.8) is 0 Å². The van der Waals surface area contributed by atoms with Gasteiger partial charge in [0, 0.05) is 50.1 Å². The van der Waals surface area contributed by atoms with Gasteiger partial charge in [0.1, 0.15) is 5.82 Å². The Balaban J connectivity index is 1.48. The molecule has 4 aromatic rings. The molecule has 0 amide bonds. The summed E-state index contributed by atoms with van der Waals surface area (Å²) in [6, 6.07) is 7.46. The van der Waals surface area contributed by atoms with Gasteiger partial charge in [-0.15, -0.1) is 5.10 Å². The minimum absolute atomic E-state index is 0.166. The van der Waals surface area contributed by atoms with Gasteiger partial charge in [0.2, 0.25) is 0 Å². The molecule has 0 saturated heterocycles. The number of aryl methyl sites for hydroxylation is 3. The van der Waals surface area contributed by atoms with Crippen molar-refractivity contribution in [2.75, 3.05) is 16.8 Å². The topological polar surface area (TPSA) is 93.2 Å². The molecule has 0 spiro atoms. The smallest absolute Gasteiger partial charge is 0.274 e. The summed E-state index contributed by atoms with van der Waals surface area (Å²) < 4.78 is 3.16. The molecule has 0 atom stereocenters. The van der Waals surface area contributed by atoms with Crippen LogP contribution in [0.15, 0.2) is 41.5 Å². The van der Waals surface area contributed by atoms with E-state index in [1.165, 1.54) is 10.6 Å². The molecule has 0 aromatic carbocycles. The number of hydrogen-bond acceptors (Lipinski definition) is 7. The monoisotopic (exact) mass is 402 g/mol. The van der Waals surface area contributed by atoms with E-state index in [1.54, 1.807) is 10.9 Å². The number of hydrogen-bond donors (Lipinski definition) is 1. The highest BCUT2D eigenvalue weighted by Gasteiger charge is 2.21. The number of rotatable bonds is 3. The van der Waals surface area contributed by atoms with Crippen molar-refractivity contribution in [2.24, 2.45) is 7.05 Å². The number of nitrogens with zero attached hydrogens (tertiary/aromatic N) is 7. The molecule has 9 heteroatoms. The molecule has 0 unspecified atom stereocenters. The van der Waals surface area contributed by atoms with Gasteiger partial charge in [0.25, 0.3) is 5.56 Å². The zero-order chi connectivity index (χ0) is 20.8. The summed E-state index contributed by atoms with van der Waals surface area (Å²) in [5, 5.41) is 12.2. The first-order valence-corrected chi connectivity index (χ1v) is 9.84. The predicted molar refractivity (Wildman–Crippen MR) is 114 cm³/mol. The van der Waals surface area contributed by atoms with Gasteiger partial charge < -0.3 is 10.2 Å². The first-order chi connectivity index (χ1) is 14.5. The Morgan fingerprint density at radius 3 is 2.83 bits per heavy atom. The summed E-state index contributed by atoms with van der Waals surface area (Å²) in [4.78, 5) is 23.7. The molecule has 30 heavy (non-hydrogen) atoms. The molecule has 0 saturated carbocycles. The van der Waals surface area contributed by atoms with E-state index in [9.17, 15) is 4.79 Å². The van der Waals surface area contributed by atoms with Gasteiger partial charge in [-0.05, 0) is 37.1 Å². The molecule has 9 nitrogen and oxygen atoms in total. The van der Waals surface area contributed by atoms with Crippen LogP contribution in [0, 0.1) is 13.8 Å². The first-order valence-electron chi connectivity index (χ1n) is 9.84. The third kappa shape index (κ3) is 3.18. The van der Waals surface area contributed by atoms with Crippen LogP contribution in [0.1, 0.15) is 22.5 Å². The summed E-state index contributed by atoms with van der Waals surface area (Å²) in [5.74, 6) is 1.70. The summed E-state index contributed by atoms with van der Waals surface area (Å²) >= 11 is 0. The van der Waals surface area contributed by atoms with E-state index in [0.717, 1.165) is 47.1 Å². The van der Waals surface area contributed by atoms with E-state index in [-0.39, 0.29) is 5.56 Å². The fourth-order valence-corrected chi connectivity index (χ4v) is 3.87. The number of anilines is 3. The highest BCUT2D eigenvalue weighted by Crippen LogP contribution is 2.27. The highest BCUT2D eigenvalue weighted by atomic mass is 16.1. The largest absolute Gasteiger partial charge is 0.350 e. The van der Waals surface area contributed by atoms with Crippen molar-refractivity contribution in [1.29, 1.82) is 0 Å². The third-order valence-corrected chi connectivity index (χ3v) is 5.37. The second-order valence-electron chi connectivity index (χ2n) is 7.62. The Morgan fingerprint density at radius 1 is 1.17 bits per heavy atom. The normalized spacial score (nSPS) is 13.5. The lowest BCUT2D eigenvalue weighted by Gasteiger charge is -2.30. The third-order valence-electron chi connectivity index (χ3n) is 5.37. The number of pyridine rings is 1. The molecule has 4 aromatic heterocycles. The molecule has 1 aliphatic heterocycles. The molecule has 1 aliphatic rings. The molecular weight excluding hydrogens is 380 g/mol. The quantitative estimate of drug-likeness (QED) is 0.561. The second kappa shape index (κ2) is 6.94. The van der Waals surface area contributed by atoms with Crippen LogP contribution in [0.25, 0.3) is 5.65 Å². The van der Waals surface area contributed by atoms with Gasteiger partial charge in [-0.2, -0.15) is 9.61 Å². The zero-order valence-electron chi connectivity index (χ0n) is 17.1. The molecular formula is C21H22N8O. The van der Waals surface area contributed by atoms with Crippen LogP contribution < -0.4 is 15.8 Å². The lowest BCUT2D eigenvalue weighted by atomic mass is 10.0. The summed E-state index contributed by atoms with van der Waals surface area (Å²) in [7, 11) is 1.89. The van der Waals surface area contributed by atoms with Crippen molar-refractivity contribution in [3.8, 4) is 0 Å². The summed E-state index contributed by atoms with van der Waals surface area (Å²) in [6.07, 6.45) is 4.43. The van der Waals surface area contributed by atoms with Crippen molar-refractivity contribution in [3.05, 3.63) is 69.5 Å². The second-order valence-corrected chi connectivity index (χ2v) is 7.62. The van der Waals surface area contributed by atoms with Crippen LogP contribution in [0.5, 0.6) is 0 Å². The molecule has 0 aliphatic carbocycles. The summed E-state index contributed by atoms with van der Waals surface area (Å²) in [5.41, 5.74) is 5.24. The predicted octanol–water partition coefficient (Wildman–Crippen LogP) is 2.14. The van der Waals surface area contributed by atoms with E-state index in [0.29, 0.717) is 17.9 Å². The highest BCUT2D eigenvalue weighted by molar-refractivity contribution is 5.58. The maximum Gasteiger partial charge on any atom is 0.274 e. The van der Waals surface area contributed by atoms with Gasteiger partial charge in [-0.25, -0.2) is 4.98 Å². The van der Waals surface area contributed by atoms with Crippen molar-refractivity contribution < 1.29 is 0 Å². The molecule has 5 heterocycles. The number of fused-ring (bicyclic) bond motifs is 2. The molecule has 0 fully saturated rings. The van der Waals surface area contributed by atoms with Gasteiger partial charge in [-0.1, -0.05) is 0 Å². The van der Waals surface area contributed by atoms with E-state index in [1.807, 2.05) is 39.2 Å². The van der Waals surface area contributed by atoms with E-state index in [2.05, 4.69) is 36.4 Å². The molecule has 1 N–H and O–H groups in total. The van der Waals surface area contributed by atoms with Crippen LogP contribution in [-0.4, -0.2) is 35.9 Å². The lowest BCUT2D eigenvalue weighted by Crippen LogP contribution is -2.33. The summed E-state index contributed by atoms with van der Waals surface area (Å²) in [6.45, 7) is 5.29. The van der Waals surface area contributed by atoms with Crippen LogP contribution in [0.3, 0.4) is 0 Å². The Bertz CT molecular complexity index is 1320. The van der Waals surface area contributed by atoms with Crippen molar-refractivity contribution in [2.45, 2.75) is 26.8 Å². The van der Waals surface area contributed by atoms with Crippen LogP contribution >= 0.6 is 0 Å². The average Bonchev–Trinajstić information content (AvgIpc) is 3.11. The zero-order valence-corrected chi connectivity index (χ0v) is 17.1. The van der Waals surface area contributed by atoms with E-state index in [4.69, 9.17) is 0 Å². The van der Waals surface area contributed by atoms with Gasteiger partial charge in [-0.3, -0.25) is 14.5 Å². The van der Waals surface area contributed by atoms with E-state index >= 15 is 0 Å². The Morgan fingerprint density at radius 2 is 2.03 bits per heavy atom. The maximum absolute atomic E-state index is 12.4. The molecule has 0 bridgehead atoms. The van der Waals surface area contributed by atoms with Gasteiger partial charge in [0.05, 0.1) is 18.1 Å². The van der Waals surface area contributed by atoms with E-state index < -0.39 is 0 Å². The van der Waals surface area contributed by atoms with Gasteiger partial charge in [0.15, 0.2) is 11.5 Å². The Kier molecular flexibility index (Phi) is 4.23.